The number of anilines is 4. The summed E-state index contributed by atoms with van der Waals surface area (Å²) in [5, 5.41) is 3.31. The van der Waals surface area contributed by atoms with Crippen molar-refractivity contribution in [1.82, 2.24) is 9.97 Å². The Bertz CT molecular complexity index is 916. The summed E-state index contributed by atoms with van der Waals surface area (Å²) in [5.41, 5.74) is 4.83. The first-order chi connectivity index (χ1) is 13.2. The van der Waals surface area contributed by atoms with E-state index < -0.39 is 0 Å². The van der Waals surface area contributed by atoms with Gasteiger partial charge in [0.25, 0.3) is 0 Å². The van der Waals surface area contributed by atoms with Crippen molar-refractivity contribution in [3.8, 4) is 0 Å². The molecule has 1 saturated heterocycles. The molecule has 5 heteroatoms. The predicted octanol–water partition coefficient (Wildman–Crippen LogP) is 4.16. The van der Waals surface area contributed by atoms with Gasteiger partial charge >= 0.3 is 0 Å². The van der Waals surface area contributed by atoms with Gasteiger partial charge in [0.15, 0.2) is 0 Å². The van der Waals surface area contributed by atoms with Crippen molar-refractivity contribution in [2.45, 2.75) is 13.8 Å². The highest BCUT2D eigenvalue weighted by atomic mass is 15.3. The van der Waals surface area contributed by atoms with Crippen LogP contribution in [0.4, 0.5) is 23.1 Å². The zero-order valence-electron chi connectivity index (χ0n) is 15.9. The van der Waals surface area contributed by atoms with E-state index in [1.165, 1.54) is 16.8 Å². The maximum Gasteiger partial charge on any atom is 0.229 e. The van der Waals surface area contributed by atoms with E-state index in [0.29, 0.717) is 5.95 Å². The summed E-state index contributed by atoms with van der Waals surface area (Å²) in [4.78, 5) is 13.9. The Balaban J connectivity index is 1.42. The number of benzene rings is 2. The number of nitrogens with zero attached hydrogens (tertiary/aromatic N) is 4. The average Bonchev–Trinajstić information content (AvgIpc) is 2.68. The highest BCUT2D eigenvalue weighted by Crippen LogP contribution is 2.21. The fourth-order valence-electron chi connectivity index (χ4n) is 3.46. The van der Waals surface area contributed by atoms with Crippen molar-refractivity contribution in [3.63, 3.8) is 0 Å². The Labute approximate surface area is 160 Å². The molecule has 27 heavy (non-hydrogen) atoms. The lowest BCUT2D eigenvalue weighted by atomic mass is 10.2. The summed E-state index contributed by atoms with van der Waals surface area (Å²) in [5.74, 6) is 1.61. The first kappa shape index (κ1) is 17.3. The van der Waals surface area contributed by atoms with Crippen molar-refractivity contribution in [2.75, 3.05) is 41.3 Å². The third-order valence-electron chi connectivity index (χ3n) is 4.89. The molecule has 1 aliphatic rings. The number of nitrogens with one attached hydrogen (secondary N) is 1. The Morgan fingerprint density at radius 2 is 1.52 bits per heavy atom. The summed E-state index contributed by atoms with van der Waals surface area (Å²) in [6.07, 6.45) is 1.83. The van der Waals surface area contributed by atoms with E-state index in [2.05, 4.69) is 70.3 Å². The largest absolute Gasteiger partial charge is 0.368 e. The minimum Gasteiger partial charge on any atom is -0.368 e. The molecule has 0 radical (unpaired) electrons. The number of aromatic nitrogens is 2. The van der Waals surface area contributed by atoms with E-state index in [9.17, 15) is 0 Å². The number of aryl methyl sites for hydroxylation is 2. The number of hydrogen-bond donors (Lipinski definition) is 1. The van der Waals surface area contributed by atoms with E-state index in [-0.39, 0.29) is 0 Å². The predicted molar refractivity (Wildman–Crippen MR) is 112 cm³/mol. The normalized spacial score (nSPS) is 14.3. The average molecular weight is 359 g/mol. The molecule has 2 heterocycles. The van der Waals surface area contributed by atoms with Gasteiger partial charge in [-0.2, -0.15) is 4.98 Å². The Hall–Kier alpha value is -3.08. The minimum atomic E-state index is 0.638. The molecule has 0 saturated carbocycles. The van der Waals surface area contributed by atoms with Crippen molar-refractivity contribution in [2.24, 2.45) is 0 Å². The van der Waals surface area contributed by atoms with Crippen molar-refractivity contribution >= 4 is 23.1 Å². The first-order valence-corrected chi connectivity index (χ1v) is 9.41. The Morgan fingerprint density at radius 3 is 2.26 bits per heavy atom. The number of piperazine rings is 1. The molecule has 0 atom stereocenters. The van der Waals surface area contributed by atoms with Crippen LogP contribution in [0.3, 0.4) is 0 Å². The molecule has 0 unspecified atom stereocenters. The standard InChI is InChI=1S/C22H25N5/c1-17-5-3-7-19(15-17)24-22-23-10-9-21(25-22)27-13-11-26(12-14-27)20-8-4-6-18(2)16-20/h3-10,15-16H,11-14H2,1-2H3,(H,23,24,25). The van der Waals surface area contributed by atoms with Crippen LogP contribution in [0.15, 0.2) is 60.8 Å². The molecular weight excluding hydrogens is 334 g/mol. The van der Waals surface area contributed by atoms with Gasteiger partial charge in [0, 0.05) is 43.8 Å². The number of rotatable bonds is 4. The molecular formula is C22H25N5. The van der Waals surface area contributed by atoms with Gasteiger partial charge in [-0.15, -0.1) is 0 Å². The summed E-state index contributed by atoms with van der Waals surface area (Å²) in [6.45, 7) is 8.12. The molecule has 4 rings (SSSR count). The molecule has 0 spiro atoms. The number of hydrogen-bond acceptors (Lipinski definition) is 5. The zero-order valence-corrected chi connectivity index (χ0v) is 15.9. The van der Waals surface area contributed by atoms with Gasteiger partial charge in [-0.1, -0.05) is 24.3 Å². The van der Waals surface area contributed by atoms with Crippen LogP contribution in [0.2, 0.25) is 0 Å². The summed E-state index contributed by atoms with van der Waals surface area (Å²) >= 11 is 0. The fraction of sp³-hybridized carbons (Fsp3) is 0.273. The third-order valence-corrected chi connectivity index (χ3v) is 4.89. The van der Waals surface area contributed by atoms with Gasteiger partial charge in [-0.3, -0.25) is 0 Å². The summed E-state index contributed by atoms with van der Waals surface area (Å²) in [6, 6.07) is 18.9. The van der Waals surface area contributed by atoms with E-state index in [1.807, 2.05) is 24.4 Å². The molecule has 1 N–H and O–H groups in total. The van der Waals surface area contributed by atoms with Crippen LogP contribution < -0.4 is 15.1 Å². The van der Waals surface area contributed by atoms with Crippen molar-refractivity contribution in [3.05, 3.63) is 71.9 Å². The molecule has 0 bridgehead atoms. The molecule has 2 aromatic carbocycles. The fourth-order valence-corrected chi connectivity index (χ4v) is 3.46. The quantitative estimate of drug-likeness (QED) is 0.758. The second-order valence-electron chi connectivity index (χ2n) is 7.05. The summed E-state index contributed by atoms with van der Waals surface area (Å²) in [7, 11) is 0. The van der Waals surface area contributed by atoms with Gasteiger partial charge in [-0.25, -0.2) is 4.98 Å². The molecule has 0 aliphatic carbocycles. The SMILES string of the molecule is Cc1cccc(Nc2nccc(N3CCN(c4cccc(C)c4)CC3)n2)c1. The molecule has 138 valence electrons. The molecule has 0 amide bonds. The molecule has 1 aliphatic heterocycles. The van der Waals surface area contributed by atoms with Crippen LogP contribution in [-0.4, -0.2) is 36.1 Å². The smallest absolute Gasteiger partial charge is 0.229 e. The maximum atomic E-state index is 4.72. The van der Waals surface area contributed by atoms with E-state index in [0.717, 1.165) is 37.7 Å². The summed E-state index contributed by atoms with van der Waals surface area (Å²) < 4.78 is 0. The lowest BCUT2D eigenvalue weighted by molar-refractivity contribution is 0.647. The van der Waals surface area contributed by atoms with Gasteiger partial charge in [0.2, 0.25) is 5.95 Å². The minimum absolute atomic E-state index is 0.638. The van der Waals surface area contributed by atoms with E-state index in [4.69, 9.17) is 4.98 Å². The van der Waals surface area contributed by atoms with Crippen LogP contribution >= 0.6 is 0 Å². The van der Waals surface area contributed by atoms with Gasteiger partial charge in [0.05, 0.1) is 0 Å². The van der Waals surface area contributed by atoms with Crippen molar-refractivity contribution < 1.29 is 0 Å². The zero-order chi connectivity index (χ0) is 18.6. The van der Waals surface area contributed by atoms with Crippen LogP contribution in [0, 0.1) is 13.8 Å². The van der Waals surface area contributed by atoms with Crippen LogP contribution in [0.5, 0.6) is 0 Å². The van der Waals surface area contributed by atoms with E-state index >= 15 is 0 Å². The lowest BCUT2D eigenvalue weighted by Gasteiger charge is -2.36. The van der Waals surface area contributed by atoms with Crippen LogP contribution in [0.1, 0.15) is 11.1 Å². The van der Waals surface area contributed by atoms with Gasteiger partial charge in [-0.05, 0) is 55.3 Å². The monoisotopic (exact) mass is 359 g/mol. The van der Waals surface area contributed by atoms with Gasteiger partial charge < -0.3 is 15.1 Å². The first-order valence-electron chi connectivity index (χ1n) is 9.41. The molecule has 5 nitrogen and oxygen atoms in total. The van der Waals surface area contributed by atoms with Crippen LogP contribution in [0.25, 0.3) is 0 Å². The molecule has 1 aromatic heterocycles. The second kappa shape index (κ2) is 7.66. The lowest BCUT2D eigenvalue weighted by Crippen LogP contribution is -2.46. The Morgan fingerprint density at radius 1 is 0.815 bits per heavy atom. The topological polar surface area (TPSA) is 44.3 Å². The van der Waals surface area contributed by atoms with Crippen LogP contribution in [-0.2, 0) is 0 Å². The van der Waals surface area contributed by atoms with Crippen molar-refractivity contribution in [1.29, 1.82) is 0 Å². The Kier molecular flexibility index (Phi) is 4.92. The highest BCUT2D eigenvalue weighted by Gasteiger charge is 2.18. The van der Waals surface area contributed by atoms with E-state index in [1.54, 1.807) is 0 Å². The highest BCUT2D eigenvalue weighted by molar-refractivity contribution is 5.56. The molecule has 3 aromatic rings. The molecule has 1 fully saturated rings. The maximum absolute atomic E-state index is 4.72. The van der Waals surface area contributed by atoms with Gasteiger partial charge in [0.1, 0.15) is 5.82 Å². The second-order valence-corrected chi connectivity index (χ2v) is 7.05. The third kappa shape index (κ3) is 4.19.